The van der Waals surface area contributed by atoms with Crippen LogP contribution >= 0.6 is 11.8 Å². The van der Waals surface area contributed by atoms with Gasteiger partial charge in [-0.05, 0) is 18.4 Å². The molecule has 3 aromatic rings. The number of fused-ring (bicyclic) bond motifs is 1. The number of thioether (sulfide) groups is 1. The zero-order valence-electron chi connectivity index (χ0n) is 16.4. The fourth-order valence-corrected chi connectivity index (χ4v) is 4.96. The molecule has 2 aliphatic rings. The molecule has 30 heavy (non-hydrogen) atoms. The number of ether oxygens (including phenoxy) is 1. The fourth-order valence-electron chi connectivity index (χ4n) is 3.86. The van der Waals surface area contributed by atoms with Crippen LogP contribution in [0.2, 0.25) is 0 Å². The van der Waals surface area contributed by atoms with Gasteiger partial charge in [0.25, 0.3) is 0 Å². The van der Waals surface area contributed by atoms with Crippen LogP contribution in [0.4, 0.5) is 0 Å². The number of amides is 1. The summed E-state index contributed by atoms with van der Waals surface area (Å²) in [6.45, 7) is 1.32. The van der Waals surface area contributed by atoms with E-state index in [9.17, 15) is 4.79 Å². The lowest BCUT2D eigenvalue weighted by Crippen LogP contribution is -2.45. The standard InChI is InChI=1S/C22H23N5O2S/c28-21(23-14-17-12-7-13-29-17)19-18(15-8-3-1-4-9-15)26-27-20(24-25-22(27)30-19)16-10-5-2-6-11-16/h1-6,8-11,17-19,26H,7,12-14H2,(H,23,28)/t17-,18+,19+/m0/s1. The van der Waals surface area contributed by atoms with Crippen LogP contribution < -0.4 is 10.7 Å². The molecule has 0 spiro atoms. The predicted octanol–water partition coefficient (Wildman–Crippen LogP) is 3.00. The first-order valence-electron chi connectivity index (χ1n) is 10.2. The Labute approximate surface area is 179 Å². The van der Waals surface area contributed by atoms with Crippen LogP contribution in [0, 0.1) is 0 Å². The number of rotatable bonds is 5. The van der Waals surface area contributed by atoms with Crippen LogP contribution in [0.25, 0.3) is 11.4 Å². The van der Waals surface area contributed by atoms with E-state index in [1.54, 1.807) is 0 Å². The highest BCUT2D eigenvalue weighted by atomic mass is 32.2. The molecule has 7 nitrogen and oxygen atoms in total. The average molecular weight is 422 g/mol. The molecule has 3 heterocycles. The Balaban J connectivity index is 1.43. The SMILES string of the molecule is O=C(NC[C@@H]1CCCO1)[C@@H]1Sc2nnc(-c3ccccc3)n2N[C@@H]1c1ccccc1. The number of nitrogens with one attached hydrogen (secondary N) is 2. The van der Waals surface area contributed by atoms with Crippen LogP contribution in [0.3, 0.4) is 0 Å². The van der Waals surface area contributed by atoms with Crippen molar-refractivity contribution in [1.82, 2.24) is 20.2 Å². The van der Waals surface area contributed by atoms with Gasteiger partial charge in [0, 0.05) is 18.7 Å². The number of carbonyl (C=O) groups is 1. The van der Waals surface area contributed by atoms with Gasteiger partial charge in [0.2, 0.25) is 11.1 Å². The van der Waals surface area contributed by atoms with Crippen molar-refractivity contribution in [2.24, 2.45) is 0 Å². The minimum absolute atomic E-state index is 0.0210. The van der Waals surface area contributed by atoms with Gasteiger partial charge in [-0.3, -0.25) is 4.79 Å². The van der Waals surface area contributed by atoms with Gasteiger partial charge in [0.1, 0.15) is 5.25 Å². The number of nitrogens with zero attached hydrogens (tertiary/aromatic N) is 3. The van der Waals surface area contributed by atoms with Gasteiger partial charge in [-0.15, -0.1) is 10.2 Å². The monoisotopic (exact) mass is 421 g/mol. The zero-order chi connectivity index (χ0) is 20.3. The normalized spacial score (nSPS) is 22.9. The summed E-state index contributed by atoms with van der Waals surface area (Å²) in [6.07, 6.45) is 2.16. The molecule has 154 valence electrons. The van der Waals surface area contributed by atoms with E-state index in [-0.39, 0.29) is 23.3 Å². The third-order valence-corrected chi connectivity index (χ3v) is 6.63. The average Bonchev–Trinajstić information content (AvgIpc) is 3.47. The highest BCUT2D eigenvalue weighted by molar-refractivity contribution is 8.00. The minimum atomic E-state index is -0.367. The molecular formula is C22H23N5O2S. The molecular weight excluding hydrogens is 398 g/mol. The van der Waals surface area contributed by atoms with Gasteiger partial charge in [-0.25, -0.2) is 4.68 Å². The summed E-state index contributed by atoms with van der Waals surface area (Å²) in [5.74, 6) is 0.713. The summed E-state index contributed by atoms with van der Waals surface area (Å²) in [5.41, 5.74) is 5.51. The van der Waals surface area contributed by atoms with E-state index in [1.165, 1.54) is 11.8 Å². The molecule has 2 aliphatic heterocycles. The van der Waals surface area contributed by atoms with Crippen molar-refractivity contribution in [2.45, 2.75) is 35.4 Å². The lowest BCUT2D eigenvalue weighted by molar-refractivity contribution is -0.121. The molecule has 0 bridgehead atoms. The van der Waals surface area contributed by atoms with E-state index in [2.05, 4.69) is 20.9 Å². The minimum Gasteiger partial charge on any atom is -0.376 e. The maximum Gasteiger partial charge on any atom is 0.236 e. The van der Waals surface area contributed by atoms with Gasteiger partial charge in [0.05, 0.1) is 12.1 Å². The van der Waals surface area contributed by atoms with Gasteiger partial charge in [0.15, 0.2) is 5.82 Å². The van der Waals surface area contributed by atoms with Crippen molar-refractivity contribution in [3.8, 4) is 11.4 Å². The number of carbonyl (C=O) groups excluding carboxylic acids is 1. The predicted molar refractivity (Wildman–Crippen MR) is 116 cm³/mol. The van der Waals surface area contributed by atoms with E-state index in [4.69, 9.17) is 4.74 Å². The quantitative estimate of drug-likeness (QED) is 0.659. The highest BCUT2D eigenvalue weighted by Crippen LogP contribution is 2.38. The molecule has 0 unspecified atom stereocenters. The van der Waals surface area contributed by atoms with Crippen LogP contribution in [0.5, 0.6) is 0 Å². The second-order valence-corrected chi connectivity index (χ2v) is 8.55. The summed E-state index contributed by atoms with van der Waals surface area (Å²) in [7, 11) is 0. The molecule has 0 saturated carbocycles. The van der Waals surface area contributed by atoms with Crippen molar-refractivity contribution in [3.63, 3.8) is 0 Å². The second-order valence-electron chi connectivity index (χ2n) is 7.44. The Kier molecular flexibility index (Phi) is 5.42. The van der Waals surface area contributed by atoms with Crippen LogP contribution in [0.15, 0.2) is 65.8 Å². The van der Waals surface area contributed by atoms with E-state index < -0.39 is 0 Å². The maximum absolute atomic E-state index is 13.1. The molecule has 2 N–H and O–H groups in total. The molecule has 1 fully saturated rings. The van der Waals surface area contributed by atoms with Crippen molar-refractivity contribution in [1.29, 1.82) is 0 Å². The van der Waals surface area contributed by atoms with Gasteiger partial charge in [-0.1, -0.05) is 72.4 Å². The maximum atomic E-state index is 13.1. The molecule has 5 rings (SSSR count). The molecule has 0 aliphatic carbocycles. The van der Waals surface area contributed by atoms with Crippen molar-refractivity contribution >= 4 is 17.7 Å². The van der Waals surface area contributed by atoms with Crippen molar-refractivity contribution in [3.05, 3.63) is 66.2 Å². The Morgan fingerprint density at radius 1 is 1.13 bits per heavy atom. The van der Waals surface area contributed by atoms with E-state index >= 15 is 0 Å². The van der Waals surface area contributed by atoms with Crippen LogP contribution in [-0.2, 0) is 9.53 Å². The third kappa shape index (κ3) is 3.80. The van der Waals surface area contributed by atoms with Gasteiger partial charge in [-0.2, -0.15) is 0 Å². The van der Waals surface area contributed by atoms with E-state index in [0.717, 1.165) is 36.4 Å². The Morgan fingerprint density at radius 2 is 1.90 bits per heavy atom. The summed E-state index contributed by atoms with van der Waals surface area (Å²) >= 11 is 1.44. The molecule has 1 saturated heterocycles. The largest absolute Gasteiger partial charge is 0.376 e. The first-order valence-corrected chi connectivity index (χ1v) is 11.1. The number of benzene rings is 2. The van der Waals surface area contributed by atoms with E-state index in [0.29, 0.717) is 11.7 Å². The molecule has 3 atom stereocenters. The Morgan fingerprint density at radius 3 is 2.63 bits per heavy atom. The third-order valence-electron chi connectivity index (χ3n) is 5.41. The lowest BCUT2D eigenvalue weighted by Gasteiger charge is -2.33. The Bertz CT molecular complexity index is 1000. The summed E-state index contributed by atoms with van der Waals surface area (Å²) in [5, 5.41) is 12.1. The molecule has 8 heteroatoms. The number of aromatic nitrogens is 3. The van der Waals surface area contributed by atoms with Gasteiger partial charge < -0.3 is 15.5 Å². The smallest absolute Gasteiger partial charge is 0.236 e. The lowest BCUT2D eigenvalue weighted by atomic mass is 10.0. The summed E-state index contributed by atoms with van der Waals surface area (Å²) in [6, 6.07) is 19.7. The summed E-state index contributed by atoms with van der Waals surface area (Å²) in [4.78, 5) is 13.1. The number of hydrogen-bond donors (Lipinski definition) is 2. The molecule has 0 radical (unpaired) electrons. The van der Waals surface area contributed by atoms with Crippen LogP contribution in [0.1, 0.15) is 24.4 Å². The first-order chi connectivity index (χ1) is 14.8. The Hall–Kier alpha value is -2.84. The van der Waals surface area contributed by atoms with Gasteiger partial charge >= 0.3 is 0 Å². The summed E-state index contributed by atoms with van der Waals surface area (Å²) < 4.78 is 7.54. The fraction of sp³-hybridized carbons (Fsp3) is 0.318. The second kappa shape index (κ2) is 8.49. The molecule has 2 aromatic carbocycles. The van der Waals surface area contributed by atoms with E-state index in [1.807, 2.05) is 65.3 Å². The number of hydrogen-bond acceptors (Lipinski definition) is 6. The van der Waals surface area contributed by atoms with Crippen LogP contribution in [-0.4, -0.2) is 45.3 Å². The molecule has 1 amide bonds. The highest BCUT2D eigenvalue weighted by Gasteiger charge is 2.38. The van der Waals surface area contributed by atoms with Crippen molar-refractivity contribution in [2.75, 3.05) is 18.6 Å². The van der Waals surface area contributed by atoms with Crippen molar-refractivity contribution < 1.29 is 9.53 Å². The first kappa shape index (κ1) is 19.1. The topological polar surface area (TPSA) is 81.1 Å². The molecule has 1 aromatic heterocycles. The zero-order valence-corrected chi connectivity index (χ0v) is 17.2.